The Bertz CT molecular complexity index is 545. The molecule has 0 aliphatic heterocycles. The summed E-state index contributed by atoms with van der Waals surface area (Å²) < 4.78 is 0.828. The number of anilines is 1. The van der Waals surface area contributed by atoms with Gasteiger partial charge in [-0.05, 0) is 11.6 Å². The molecule has 0 radical (unpaired) electrons. The van der Waals surface area contributed by atoms with E-state index in [2.05, 4.69) is 20.5 Å². The highest BCUT2D eigenvalue weighted by atomic mass is 32.2. The number of thioether (sulfide) groups is 1. The first-order valence-corrected chi connectivity index (χ1v) is 7.31. The van der Waals surface area contributed by atoms with Crippen molar-refractivity contribution in [3.63, 3.8) is 0 Å². The molecule has 0 saturated heterocycles. The molecule has 8 heteroatoms. The van der Waals surface area contributed by atoms with Gasteiger partial charge in [0, 0.05) is 32.2 Å². The van der Waals surface area contributed by atoms with Gasteiger partial charge in [-0.15, -0.1) is 10.2 Å². The minimum atomic E-state index is -0.208. The number of pyridine rings is 1. The van der Waals surface area contributed by atoms with Gasteiger partial charge >= 0.3 is 6.03 Å². The molecule has 19 heavy (non-hydrogen) atoms. The van der Waals surface area contributed by atoms with E-state index in [1.807, 2.05) is 18.3 Å². The molecule has 2 amide bonds. The van der Waals surface area contributed by atoms with Gasteiger partial charge in [-0.1, -0.05) is 29.2 Å². The summed E-state index contributed by atoms with van der Waals surface area (Å²) in [5.74, 6) is 0.784. The van der Waals surface area contributed by atoms with Crippen molar-refractivity contribution < 1.29 is 4.79 Å². The molecule has 0 fully saturated rings. The summed E-state index contributed by atoms with van der Waals surface area (Å²) >= 11 is 2.97. The topological polar surface area (TPSA) is 71.0 Å². The lowest BCUT2D eigenvalue weighted by molar-refractivity contribution is 0.249. The summed E-state index contributed by atoms with van der Waals surface area (Å²) in [6.45, 7) is 0. The lowest BCUT2D eigenvalue weighted by Crippen LogP contribution is -2.34. The highest BCUT2D eigenvalue weighted by molar-refractivity contribution is 8.00. The second-order valence-electron chi connectivity index (χ2n) is 3.61. The van der Waals surface area contributed by atoms with E-state index in [1.165, 1.54) is 16.2 Å². The first-order chi connectivity index (χ1) is 9.20. The first-order valence-electron chi connectivity index (χ1n) is 5.51. The zero-order chi connectivity index (χ0) is 13.7. The SMILES string of the molecule is CNC(=O)N(C)c1nnc(SCc2cccnc2)s1. The predicted molar refractivity (Wildman–Crippen MR) is 76.6 cm³/mol. The molecular weight excluding hydrogens is 282 g/mol. The third-order valence-electron chi connectivity index (χ3n) is 2.29. The molecule has 2 aromatic heterocycles. The number of aromatic nitrogens is 3. The zero-order valence-electron chi connectivity index (χ0n) is 10.5. The summed E-state index contributed by atoms with van der Waals surface area (Å²) in [6.07, 6.45) is 3.57. The quantitative estimate of drug-likeness (QED) is 0.690. The Balaban J connectivity index is 1.96. The van der Waals surface area contributed by atoms with Crippen LogP contribution < -0.4 is 10.2 Å². The molecule has 2 rings (SSSR count). The molecule has 0 saturated carbocycles. The van der Waals surface area contributed by atoms with Crippen molar-refractivity contribution in [2.75, 3.05) is 19.0 Å². The fourth-order valence-corrected chi connectivity index (χ4v) is 3.01. The maximum atomic E-state index is 11.4. The van der Waals surface area contributed by atoms with Crippen LogP contribution in [0.15, 0.2) is 28.9 Å². The second kappa shape index (κ2) is 6.48. The van der Waals surface area contributed by atoms with Crippen molar-refractivity contribution in [3.05, 3.63) is 30.1 Å². The van der Waals surface area contributed by atoms with Gasteiger partial charge in [0.2, 0.25) is 5.13 Å². The third kappa shape index (κ3) is 3.65. The van der Waals surface area contributed by atoms with Crippen LogP contribution in [0.3, 0.4) is 0 Å². The average molecular weight is 295 g/mol. The van der Waals surface area contributed by atoms with Crippen LogP contribution >= 0.6 is 23.1 Å². The van der Waals surface area contributed by atoms with Crippen LogP contribution in [0.4, 0.5) is 9.93 Å². The van der Waals surface area contributed by atoms with Crippen LogP contribution in [-0.2, 0) is 5.75 Å². The van der Waals surface area contributed by atoms with Gasteiger partial charge in [-0.2, -0.15) is 0 Å². The minimum absolute atomic E-state index is 0.208. The number of nitrogens with zero attached hydrogens (tertiary/aromatic N) is 4. The maximum absolute atomic E-state index is 11.4. The Hall–Kier alpha value is -1.67. The van der Waals surface area contributed by atoms with E-state index < -0.39 is 0 Å². The van der Waals surface area contributed by atoms with Crippen LogP contribution in [0.1, 0.15) is 5.56 Å². The fourth-order valence-electron chi connectivity index (χ4n) is 1.28. The third-order valence-corrected chi connectivity index (χ3v) is 4.49. The number of hydrogen-bond acceptors (Lipinski definition) is 6. The van der Waals surface area contributed by atoms with Gasteiger partial charge in [0.15, 0.2) is 4.34 Å². The molecule has 2 heterocycles. The van der Waals surface area contributed by atoms with Gasteiger partial charge in [0.1, 0.15) is 0 Å². The van der Waals surface area contributed by atoms with Crippen LogP contribution in [0.2, 0.25) is 0 Å². The smallest absolute Gasteiger partial charge is 0.323 e. The molecule has 1 N–H and O–H groups in total. The largest absolute Gasteiger partial charge is 0.341 e. The highest BCUT2D eigenvalue weighted by Crippen LogP contribution is 2.29. The fraction of sp³-hybridized carbons (Fsp3) is 0.273. The standard InChI is InChI=1S/C11H13N5OS2/c1-12-9(17)16(2)10-14-15-11(19-10)18-7-8-4-3-5-13-6-8/h3-6H,7H2,1-2H3,(H,12,17). The summed E-state index contributed by atoms with van der Waals surface area (Å²) in [4.78, 5) is 16.9. The van der Waals surface area contributed by atoms with E-state index in [0.29, 0.717) is 5.13 Å². The molecule has 0 aliphatic carbocycles. The maximum Gasteiger partial charge on any atom is 0.323 e. The lowest BCUT2D eigenvalue weighted by Gasteiger charge is -2.10. The Morgan fingerprint density at radius 3 is 3.05 bits per heavy atom. The lowest BCUT2D eigenvalue weighted by atomic mass is 10.3. The molecule has 0 aliphatic rings. The van der Waals surface area contributed by atoms with E-state index in [1.54, 1.807) is 32.1 Å². The summed E-state index contributed by atoms with van der Waals surface area (Å²) in [6, 6.07) is 3.71. The van der Waals surface area contributed by atoms with Gasteiger partial charge in [-0.25, -0.2) is 4.79 Å². The van der Waals surface area contributed by atoms with E-state index in [0.717, 1.165) is 15.7 Å². The molecule has 2 aromatic rings. The number of carbonyl (C=O) groups is 1. The molecule has 6 nitrogen and oxygen atoms in total. The Morgan fingerprint density at radius 2 is 2.37 bits per heavy atom. The number of carbonyl (C=O) groups excluding carboxylic acids is 1. The zero-order valence-corrected chi connectivity index (χ0v) is 12.2. The van der Waals surface area contributed by atoms with Crippen LogP contribution in [0, 0.1) is 0 Å². The van der Waals surface area contributed by atoms with Crippen molar-refractivity contribution in [1.82, 2.24) is 20.5 Å². The normalized spacial score (nSPS) is 10.2. The Labute approximate surface area is 119 Å². The molecule has 0 aromatic carbocycles. The van der Waals surface area contributed by atoms with Crippen LogP contribution in [0.5, 0.6) is 0 Å². The highest BCUT2D eigenvalue weighted by Gasteiger charge is 2.14. The van der Waals surface area contributed by atoms with Gasteiger partial charge < -0.3 is 5.32 Å². The summed E-state index contributed by atoms with van der Waals surface area (Å²) in [7, 11) is 3.24. The predicted octanol–water partition coefficient (Wildman–Crippen LogP) is 2.00. The molecular formula is C11H13N5OS2. The monoisotopic (exact) mass is 295 g/mol. The summed E-state index contributed by atoms with van der Waals surface area (Å²) in [5, 5.41) is 11.2. The average Bonchev–Trinajstić information content (AvgIpc) is 2.93. The Morgan fingerprint density at radius 1 is 1.53 bits per heavy atom. The molecule has 0 unspecified atom stereocenters. The van der Waals surface area contributed by atoms with E-state index in [4.69, 9.17) is 0 Å². The molecule has 0 spiro atoms. The van der Waals surface area contributed by atoms with Crippen LogP contribution in [0.25, 0.3) is 0 Å². The van der Waals surface area contributed by atoms with E-state index in [-0.39, 0.29) is 6.03 Å². The van der Waals surface area contributed by atoms with Crippen molar-refractivity contribution in [2.45, 2.75) is 10.1 Å². The molecule has 0 bridgehead atoms. The summed E-state index contributed by atoms with van der Waals surface area (Å²) in [5.41, 5.74) is 1.13. The first kappa shape index (κ1) is 13.8. The van der Waals surface area contributed by atoms with Crippen molar-refractivity contribution in [2.24, 2.45) is 0 Å². The van der Waals surface area contributed by atoms with Gasteiger partial charge in [0.05, 0.1) is 0 Å². The second-order valence-corrected chi connectivity index (χ2v) is 5.79. The van der Waals surface area contributed by atoms with Gasteiger partial charge in [0.25, 0.3) is 0 Å². The Kier molecular flexibility index (Phi) is 4.69. The van der Waals surface area contributed by atoms with Crippen molar-refractivity contribution in [1.29, 1.82) is 0 Å². The van der Waals surface area contributed by atoms with Crippen molar-refractivity contribution in [3.8, 4) is 0 Å². The van der Waals surface area contributed by atoms with Crippen LogP contribution in [-0.4, -0.2) is 35.3 Å². The number of hydrogen-bond donors (Lipinski definition) is 1. The number of rotatable bonds is 4. The number of amides is 2. The molecule has 100 valence electrons. The van der Waals surface area contributed by atoms with E-state index in [9.17, 15) is 4.79 Å². The number of urea groups is 1. The molecule has 0 atom stereocenters. The van der Waals surface area contributed by atoms with E-state index >= 15 is 0 Å². The van der Waals surface area contributed by atoms with Crippen molar-refractivity contribution >= 4 is 34.3 Å². The number of nitrogens with one attached hydrogen (secondary N) is 1. The minimum Gasteiger partial charge on any atom is -0.341 e. The van der Waals surface area contributed by atoms with Gasteiger partial charge in [-0.3, -0.25) is 9.88 Å².